The molecule has 2 heteroatoms. The van der Waals surface area contributed by atoms with Gasteiger partial charge in [0.15, 0.2) is 0 Å². The average molecular weight is 238 g/mol. The lowest BCUT2D eigenvalue weighted by molar-refractivity contribution is 0.412. The number of hydrogen-bond donors (Lipinski definition) is 0. The lowest BCUT2D eigenvalue weighted by atomic mass is 10.0. The molecule has 3 rings (SSSR count). The second-order valence-corrected chi connectivity index (χ2v) is 4.33. The van der Waals surface area contributed by atoms with Gasteiger partial charge in [-0.2, -0.15) is 0 Å². The zero-order chi connectivity index (χ0) is 12.5. The van der Waals surface area contributed by atoms with Crippen LogP contribution in [0.25, 0.3) is 11.6 Å². The highest BCUT2D eigenvalue weighted by atomic mass is 16.5. The lowest BCUT2D eigenvalue weighted by Crippen LogP contribution is -1.90. The predicted octanol–water partition coefficient (Wildman–Crippen LogP) is 4.36. The van der Waals surface area contributed by atoms with Crippen LogP contribution in [0.1, 0.15) is 18.1 Å². The maximum Gasteiger partial charge on any atom is 0.135 e. The molecular weight excluding hydrogens is 224 g/mol. The van der Waals surface area contributed by atoms with E-state index in [0.717, 1.165) is 28.4 Å². The lowest BCUT2D eigenvalue weighted by Gasteiger charge is -2.10. The fraction of sp³-hybridized carbons (Fsp3) is 0.125. The molecule has 0 N–H and O–H groups in total. The Kier molecular flexibility index (Phi) is 2.56. The maximum atomic E-state index is 5.96. The van der Waals surface area contributed by atoms with Gasteiger partial charge in [0.1, 0.15) is 17.2 Å². The monoisotopic (exact) mass is 238 g/mol. The minimum atomic E-state index is 0.844. The number of benzene rings is 2. The third-order valence-electron chi connectivity index (χ3n) is 3.12. The first-order chi connectivity index (χ1) is 8.78. The molecule has 0 amide bonds. The number of rotatable bonds is 1. The quantitative estimate of drug-likeness (QED) is 0.734. The summed E-state index contributed by atoms with van der Waals surface area (Å²) in [5.41, 5.74) is 3.35. The van der Waals surface area contributed by atoms with Crippen molar-refractivity contribution < 1.29 is 9.47 Å². The van der Waals surface area contributed by atoms with Crippen LogP contribution >= 0.6 is 0 Å². The Balaban J connectivity index is 2.19. The largest absolute Gasteiger partial charge is 0.497 e. The summed E-state index contributed by atoms with van der Waals surface area (Å²) in [6.07, 6.45) is 2.14. The smallest absolute Gasteiger partial charge is 0.135 e. The van der Waals surface area contributed by atoms with Crippen molar-refractivity contribution in [3.05, 3.63) is 53.6 Å². The van der Waals surface area contributed by atoms with Crippen molar-refractivity contribution >= 4 is 11.6 Å². The van der Waals surface area contributed by atoms with E-state index in [-0.39, 0.29) is 0 Å². The van der Waals surface area contributed by atoms with E-state index in [9.17, 15) is 0 Å². The van der Waals surface area contributed by atoms with E-state index in [1.165, 1.54) is 5.57 Å². The van der Waals surface area contributed by atoms with Crippen LogP contribution < -0.4 is 9.47 Å². The van der Waals surface area contributed by atoms with Crippen molar-refractivity contribution in [2.45, 2.75) is 6.92 Å². The summed E-state index contributed by atoms with van der Waals surface area (Å²) in [7, 11) is 1.67. The van der Waals surface area contributed by atoms with Gasteiger partial charge in [-0.05, 0) is 42.8 Å². The first-order valence-electron chi connectivity index (χ1n) is 5.91. The SMILES string of the molecule is COc1ccc2c(c1)C(C)=Cc1ccccc1O2. The van der Waals surface area contributed by atoms with E-state index in [1.54, 1.807) is 7.11 Å². The predicted molar refractivity (Wildman–Crippen MR) is 73.1 cm³/mol. The molecule has 1 heterocycles. The summed E-state index contributed by atoms with van der Waals surface area (Å²) in [4.78, 5) is 0. The zero-order valence-corrected chi connectivity index (χ0v) is 10.4. The molecule has 1 aliphatic rings. The average Bonchev–Trinajstić information content (AvgIpc) is 2.54. The van der Waals surface area contributed by atoms with E-state index < -0.39 is 0 Å². The van der Waals surface area contributed by atoms with Gasteiger partial charge >= 0.3 is 0 Å². The van der Waals surface area contributed by atoms with E-state index in [4.69, 9.17) is 9.47 Å². The summed E-state index contributed by atoms with van der Waals surface area (Å²) < 4.78 is 11.2. The Morgan fingerprint density at radius 2 is 1.83 bits per heavy atom. The van der Waals surface area contributed by atoms with Crippen LogP contribution in [0.3, 0.4) is 0 Å². The molecule has 2 nitrogen and oxygen atoms in total. The number of fused-ring (bicyclic) bond motifs is 2. The molecule has 90 valence electrons. The van der Waals surface area contributed by atoms with Crippen LogP contribution in [0, 0.1) is 0 Å². The zero-order valence-electron chi connectivity index (χ0n) is 10.4. The molecule has 1 aliphatic heterocycles. The Morgan fingerprint density at radius 3 is 2.67 bits per heavy atom. The van der Waals surface area contributed by atoms with Crippen LogP contribution in [-0.2, 0) is 0 Å². The number of ether oxygens (including phenoxy) is 2. The van der Waals surface area contributed by atoms with Gasteiger partial charge < -0.3 is 9.47 Å². The molecule has 0 radical (unpaired) electrons. The molecule has 0 fully saturated rings. The molecule has 0 saturated heterocycles. The molecule has 18 heavy (non-hydrogen) atoms. The highest BCUT2D eigenvalue weighted by molar-refractivity contribution is 5.86. The fourth-order valence-electron chi connectivity index (χ4n) is 2.16. The number of hydrogen-bond acceptors (Lipinski definition) is 2. The summed E-state index contributed by atoms with van der Waals surface area (Å²) >= 11 is 0. The fourth-order valence-corrected chi connectivity index (χ4v) is 2.16. The molecule has 2 aromatic rings. The van der Waals surface area contributed by atoms with Gasteiger partial charge in [-0.3, -0.25) is 0 Å². The van der Waals surface area contributed by atoms with Gasteiger partial charge in [0.05, 0.1) is 7.11 Å². The summed E-state index contributed by atoms with van der Waals surface area (Å²) in [6.45, 7) is 2.09. The first-order valence-corrected chi connectivity index (χ1v) is 5.91. The first kappa shape index (κ1) is 10.9. The maximum absolute atomic E-state index is 5.96. The Labute approximate surface area is 106 Å². The molecule has 0 atom stereocenters. The van der Waals surface area contributed by atoms with E-state index in [2.05, 4.69) is 19.1 Å². The van der Waals surface area contributed by atoms with E-state index >= 15 is 0 Å². The standard InChI is InChI=1S/C16H14O2/c1-11-9-12-5-3-4-6-15(12)18-16-8-7-13(17-2)10-14(11)16/h3-10H,1-2H3. The molecule has 0 aromatic heterocycles. The van der Waals surface area contributed by atoms with Gasteiger partial charge in [0, 0.05) is 11.1 Å². The minimum absolute atomic E-state index is 0.844. The Morgan fingerprint density at radius 1 is 1.00 bits per heavy atom. The highest BCUT2D eigenvalue weighted by Crippen LogP contribution is 2.39. The van der Waals surface area contributed by atoms with Gasteiger partial charge in [-0.25, -0.2) is 0 Å². The van der Waals surface area contributed by atoms with Crippen molar-refractivity contribution in [2.75, 3.05) is 7.11 Å². The summed E-state index contributed by atoms with van der Waals surface area (Å²) in [6, 6.07) is 13.9. The highest BCUT2D eigenvalue weighted by Gasteiger charge is 2.14. The van der Waals surface area contributed by atoms with Gasteiger partial charge in [-0.15, -0.1) is 0 Å². The second-order valence-electron chi connectivity index (χ2n) is 4.33. The van der Waals surface area contributed by atoms with Crippen LogP contribution in [0.2, 0.25) is 0 Å². The molecule has 0 spiro atoms. The van der Waals surface area contributed by atoms with E-state index in [0.29, 0.717) is 0 Å². The van der Waals surface area contributed by atoms with Gasteiger partial charge in [0.25, 0.3) is 0 Å². The molecular formula is C16H14O2. The van der Waals surface area contributed by atoms with Crippen molar-refractivity contribution in [3.8, 4) is 17.2 Å². The molecule has 0 aliphatic carbocycles. The molecule has 2 aromatic carbocycles. The normalized spacial score (nSPS) is 12.7. The summed E-state index contributed by atoms with van der Waals surface area (Å²) in [5, 5.41) is 0. The third kappa shape index (κ3) is 1.76. The Bertz CT molecular complexity index is 627. The topological polar surface area (TPSA) is 18.5 Å². The van der Waals surface area contributed by atoms with E-state index in [1.807, 2.05) is 36.4 Å². The van der Waals surface area contributed by atoms with Gasteiger partial charge in [-0.1, -0.05) is 18.2 Å². The van der Waals surface area contributed by atoms with Crippen LogP contribution in [-0.4, -0.2) is 7.11 Å². The van der Waals surface area contributed by atoms with Crippen molar-refractivity contribution in [2.24, 2.45) is 0 Å². The number of allylic oxidation sites excluding steroid dienone is 1. The van der Waals surface area contributed by atoms with Crippen molar-refractivity contribution in [1.82, 2.24) is 0 Å². The van der Waals surface area contributed by atoms with Crippen LogP contribution in [0.5, 0.6) is 17.2 Å². The number of para-hydroxylation sites is 1. The molecule has 0 unspecified atom stereocenters. The molecule has 0 bridgehead atoms. The summed E-state index contributed by atoms with van der Waals surface area (Å²) in [5.74, 6) is 2.60. The Hall–Kier alpha value is -2.22. The van der Waals surface area contributed by atoms with Crippen molar-refractivity contribution in [1.29, 1.82) is 0 Å². The minimum Gasteiger partial charge on any atom is -0.497 e. The van der Waals surface area contributed by atoms with Crippen molar-refractivity contribution in [3.63, 3.8) is 0 Å². The third-order valence-corrected chi connectivity index (χ3v) is 3.12. The molecule has 0 saturated carbocycles. The number of methoxy groups -OCH3 is 1. The van der Waals surface area contributed by atoms with Crippen LogP contribution in [0.4, 0.5) is 0 Å². The van der Waals surface area contributed by atoms with Crippen LogP contribution in [0.15, 0.2) is 42.5 Å². The second kappa shape index (κ2) is 4.22. The van der Waals surface area contributed by atoms with Gasteiger partial charge in [0.2, 0.25) is 0 Å².